The molecular formula is C14H22N2O. The lowest BCUT2D eigenvalue weighted by Gasteiger charge is -2.13. The smallest absolute Gasteiger partial charge is 0.223 e. The molecule has 0 aliphatic rings. The molecule has 0 bridgehead atoms. The van der Waals surface area contributed by atoms with Crippen LogP contribution >= 0.6 is 0 Å². The molecular weight excluding hydrogens is 212 g/mol. The second-order valence-corrected chi connectivity index (χ2v) is 4.54. The Morgan fingerprint density at radius 2 is 2.18 bits per heavy atom. The second-order valence-electron chi connectivity index (χ2n) is 4.54. The van der Waals surface area contributed by atoms with E-state index < -0.39 is 0 Å². The van der Waals surface area contributed by atoms with Gasteiger partial charge in [-0.2, -0.15) is 0 Å². The zero-order valence-electron chi connectivity index (χ0n) is 10.9. The third-order valence-electron chi connectivity index (χ3n) is 3.11. The van der Waals surface area contributed by atoms with Crippen molar-refractivity contribution in [3.63, 3.8) is 0 Å². The average Bonchev–Trinajstić information content (AvgIpc) is 2.31. The Morgan fingerprint density at radius 3 is 2.82 bits per heavy atom. The highest BCUT2D eigenvalue weighted by molar-refractivity contribution is 5.78. The van der Waals surface area contributed by atoms with Crippen LogP contribution in [0.5, 0.6) is 0 Å². The fraction of sp³-hybridized carbons (Fsp3) is 0.500. The van der Waals surface area contributed by atoms with Gasteiger partial charge in [-0.25, -0.2) is 0 Å². The fourth-order valence-corrected chi connectivity index (χ4v) is 1.82. The summed E-state index contributed by atoms with van der Waals surface area (Å²) in [5, 5.41) is 2.96. The maximum atomic E-state index is 11.8. The molecule has 0 aliphatic heterocycles. The van der Waals surface area contributed by atoms with E-state index in [0.717, 1.165) is 29.7 Å². The number of hydrogen-bond acceptors (Lipinski definition) is 2. The molecule has 0 saturated heterocycles. The lowest BCUT2D eigenvalue weighted by atomic mass is 10.0. The van der Waals surface area contributed by atoms with E-state index in [2.05, 4.69) is 12.2 Å². The third kappa shape index (κ3) is 3.77. The van der Waals surface area contributed by atoms with Crippen molar-refractivity contribution in [2.45, 2.75) is 40.2 Å². The van der Waals surface area contributed by atoms with Gasteiger partial charge in [0.05, 0.1) is 0 Å². The van der Waals surface area contributed by atoms with Crippen molar-refractivity contribution in [1.29, 1.82) is 0 Å². The number of hydrogen-bond donors (Lipinski definition) is 2. The standard InChI is InChI=1S/C14H22N2O/c1-4-6-10(2)14(17)16-9-12-7-5-8-13(15)11(12)3/h5,7-8,10H,4,6,9,15H2,1-3H3,(H,16,17). The molecule has 1 rings (SSSR count). The number of carbonyl (C=O) groups is 1. The van der Waals surface area contributed by atoms with Gasteiger partial charge in [0, 0.05) is 18.2 Å². The molecule has 17 heavy (non-hydrogen) atoms. The van der Waals surface area contributed by atoms with Crippen molar-refractivity contribution in [3.05, 3.63) is 29.3 Å². The highest BCUT2D eigenvalue weighted by Crippen LogP contribution is 2.15. The summed E-state index contributed by atoms with van der Waals surface area (Å²) in [7, 11) is 0. The predicted molar refractivity (Wildman–Crippen MR) is 71.5 cm³/mol. The molecule has 0 aromatic heterocycles. The molecule has 0 heterocycles. The van der Waals surface area contributed by atoms with Gasteiger partial charge in [0.1, 0.15) is 0 Å². The Hall–Kier alpha value is -1.51. The minimum Gasteiger partial charge on any atom is -0.399 e. The molecule has 0 fully saturated rings. The number of anilines is 1. The van der Waals surface area contributed by atoms with Crippen LogP contribution in [0.2, 0.25) is 0 Å². The van der Waals surface area contributed by atoms with E-state index >= 15 is 0 Å². The molecule has 1 aromatic rings. The van der Waals surface area contributed by atoms with Gasteiger partial charge in [0.25, 0.3) is 0 Å². The highest BCUT2D eigenvalue weighted by Gasteiger charge is 2.11. The molecule has 94 valence electrons. The van der Waals surface area contributed by atoms with Crippen molar-refractivity contribution in [1.82, 2.24) is 5.32 Å². The molecule has 1 aromatic carbocycles. The van der Waals surface area contributed by atoms with Crippen LogP contribution in [-0.4, -0.2) is 5.91 Å². The number of amides is 1. The summed E-state index contributed by atoms with van der Waals surface area (Å²) in [4.78, 5) is 11.8. The van der Waals surface area contributed by atoms with Crippen LogP contribution in [0.15, 0.2) is 18.2 Å². The van der Waals surface area contributed by atoms with E-state index in [1.165, 1.54) is 0 Å². The number of nitrogen functional groups attached to an aromatic ring is 1. The van der Waals surface area contributed by atoms with E-state index in [-0.39, 0.29) is 11.8 Å². The first kappa shape index (κ1) is 13.6. The van der Waals surface area contributed by atoms with Crippen molar-refractivity contribution < 1.29 is 4.79 Å². The van der Waals surface area contributed by atoms with Gasteiger partial charge < -0.3 is 11.1 Å². The van der Waals surface area contributed by atoms with Crippen molar-refractivity contribution in [3.8, 4) is 0 Å². The Kier molecular flexibility index (Phi) is 5.01. The van der Waals surface area contributed by atoms with Crippen LogP contribution in [0.4, 0.5) is 5.69 Å². The molecule has 3 N–H and O–H groups in total. The number of rotatable bonds is 5. The van der Waals surface area contributed by atoms with Gasteiger partial charge in [-0.1, -0.05) is 32.4 Å². The van der Waals surface area contributed by atoms with E-state index in [0.29, 0.717) is 6.54 Å². The third-order valence-corrected chi connectivity index (χ3v) is 3.11. The summed E-state index contributed by atoms with van der Waals surface area (Å²) in [6, 6.07) is 5.79. The molecule has 0 spiro atoms. The summed E-state index contributed by atoms with van der Waals surface area (Å²) < 4.78 is 0. The first-order valence-corrected chi connectivity index (χ1v) is 6.18. The van der Waals surface area contributed by atoms with E-state index in [9.17, 15) is 4.79 Å². The van der Waals surface area contributed by atoms with Crippen molar-refractivity contribution >= 4 is 11.6 Å². The van der Waals surface area contributed by atoms with E-state index in [1.54, 1.807) is 0 Å². The van der Waals surface area contributed by atoms with Crippen molar-refractivity contribution in [2.75, 3.05) is 5.73 Å². The van der Waals surface area contributed by atoms with Crippen LogP contribution in [0.25, 0.3) is 0 Å². The largest absolute Gasteiger partial charge is 0.399 e. The van der Waals surface area contributed by atoms with Crippen molar-refractivity contribution in [2.24, 2.45) is 5.92 Å². The zero-order chi connectivity index (χ0) is 12.8. The SMILES string of the molecule is CCCC(C)C(=O)NCc1cccc(N)c1C. The number of nitrogens with one attached hydrogen (secondary N) is 1. The molecule has 1 amide bonds. The Morgan fingerprint density at radius 1 is 1.47 bits per heavy atom. The highest BCUT2D eigenvalue weighted by atomic mass is 16.1. The second kappa shape index (κ2) is 6.28. The topological polar surface area (TPSA) is 55.1 Å². The summed E-state index contributed by atoms with van der Waals surface area (Å²) in [5.74, 6) is 0.204. The van der Waals surface area contributed by atoms with E-state index in [4.69, 9.17) is 5.73 Å². The maximum absolute atomic E-state index is 11.8. The average molecular weight is 234 g/mol. The van der Waals surface area contributed by atoms with Gasteiger partial charge in [0.15, 0.2) is 0 Å². The minimum absolute atomic E-state index is 0.0846. The normalized spacial score (nSPS) is 12.2. The molecule has 3 heteroatoms. The lowest BCUT2D eigenvalue weighted by molar-refractivity contribution is -0.124. The van der Waals surface area contributed by atoms with Crippen LogP contribution in [0, 0.1) is 12.8 Å². The monoisotopic (exact) mass is 234 g/mol. The van der Waals surface area contributed by atoms with Crippen LogP contribution in [0.3, 0.4) is 0 Å². The zero-order valence-corrected chi connectivity index (χ0v) is 10.9. The Labute approximate surface area is 103 Å². The summed E-state index contributed by atoms with van der Waals surface area (Å²) in [6.07, 6.45) is 1.97. The number of nitrogens with two attached hydrogens (primary N) is 1. The van der Waals surface area contributed by atoms with Gasteiger partial charge in [0.2, 0.25) is 5.91 Å². The predicted octanol–water partition coefficient (Wildman–Crippen LogP) is 2.63. The Bertz CT molecular complexity index is 388. The summed E-state index contributed by atoms with van der Waals surface area (Å²) in [6.45, 7) is 6.59. The molecule has 0 radical (unpaired) electrons. The fourth-order valence-electron chi connectivity index (χ4n) is 1.82. The molecule has 0 aliphatic carbocycles. The van der Waals surface area contributed by atoms with Gasteiger partial charge in [-0.15, -0.1) is 0 Å². The summed E-state index contributed by atoms with van der Waals surface area (Å²) >= 11 is 0. The first-order valence-electron chi connectivity index (χ1n) is 6.18. The van der Waals surface area contributed by atoms with Gasteiger partial charge in [-0.05, 0) is 30.5 Å². The van der Waals surface area contributed by atoms with Crippen LogP contribution in [-0.2, 0) is 11.3 Å². The van der Waals surface area contributed by atoms with Crippen LogP contribution in [0.1, 0.15) is 37.8 Å². The molecule has 0 saturated carbocycles. The molecule has 1 atom stereocenters. The Balaban J connectivity index is 2.56. The maximum Gasteiger partial charge on any atom is 0.223 e. The van der Waals surface area contributed by atoms with Gasteiger partial charge >= 0.3 is 0 Å². The quantitative estimate of drug-likeness (QED) is 0.769. The van der Waals surface area contributed by atoms with E-state index in [1.807, 2.05) is 32.0 Å². The first-order chi connectivity index (χ1) is 8.06. The number of benzene rings is 1. The lowest BCUT2D eigenvalue weighted by Crippen LogP contribution is -2.28. The molecule has 1 unspecified atom stereocenters. The summed E-state index contributed by atoms with van der Waals surface area (Å²) in [5.41, 5.74) is 8.74. The molecule has 3 nitrogen and oxygen atoms in total. The van der Waals surface area contributed by atoms with Gasteiger partial charge in [-0.3, -0.25) is 4.79 Å². The number of carbonyl (C=O) groups excluding carboxylic acids is 1. The minimum atomic E-state index is 0.0846. The van der Waals surface area contributed by atoms with Crippen LogP contribution < -0.4 is 11.1 Å².